The number of carbonyl (C=O) groups is 1. The van der Waals surface area contributed by atoms with E-state index in [9.17, 15) is 4.79 Å². The van der Waals surface area contributed by atoms with E-state index in [4.69, 9.17) is 4.74 Å². The van der Waals surface area contributed by atoms with Crippen LogP contribution in [-0.4, -0.2) is 5.97 Å². The molecular weight excluding hydrogens is 260 g/mol. The van der Waals surface area contributed by atoms with Crippen LogP contribution >= 0.6 is 0 Å². The molecular formula is C19H18O2. The van der Waals surface area contributed by atoms with Gasteiger partial charge in [0.15, 0.2) is 0 Å². The SMILES string of the molecule is O=C(Oc1cccc(C2=CCCCC2)c1)c1ccccc1. The number of allylic oxidation sites excluding steroid dienone is 2. The van der Waals surface area contributed by atoms with E-state index in [0.29, 0.717) is 11.3 Å². The summed E-state index contributed by atoms with van der Waals surface area (Å²) >= 11 is 0. The van der Waals surface area contributed by atoms with Crippen LogP contribution in [-0.2, 0) is 0 Å². The van der Waals surface area contributed by atoms with E-state index >= 15 is 0 Å². The average molecular weight is 278 g/mol. The van der Waals surface area contributed by atoms with E-state index in [-0.39, 0.29) is 5.97 Å². The van der Waals surface area contributed by atoms with Gasteiger partial charge in [0.1, 0.15) is 5.75 Å². The second-order valence-electron chi connectivity index (χ2n) is 5.26. The van der Waals surface area contributed by atoms with Gasteiger partial charge in [-0.3, -0.25) is 0 Å². The van der Waals surface area contributed by atoms with Crippen LogP contribution in [0.2, 0.25) is 0 Å². The first-order valence-corrected chi connectivity index (χ1v) is 7.39. The summed E-state index contributed by atoms with van der Waals surface area (Å²) < 4.78 is 5.47. The zero-order valence-corrected chi connectivity index (χ0v) is 11.9. The maximum atomic E-state index is 12.1. The number of carbonyl (C=O) groups excluding carboxylic acids is 1. The quantitative estimate of drug-likeness (QED) is 0.592. The smallest absolute Gasteiger partial charge is 0.343 e. The van der Waals surface area contributed by atoms with Crippen molar-refractivity contribution in [3.8, 4) is 5.75 Å². The maximum Gasteiger partial charge on any atom is 0.343 e. The molecule has 0 spiro atoms. The summed E-state index contributed by atoms with van der Waals surface area (Å²) in [5.41, 5.74) is 3.09. The standard InChI is InChI=1S/C19H18O2/c20-19(16-10-5-2-6-11-16)21-18-13-7-12-17(14-18)15-8-3-1-4-9-15/h2,5-8,10-14H,1,3-4,9H2. The number of ether oxygens (including phenoxy) is 1. The Morgan fingerprint density at radius 1 is 0.952 bits per heavy atom. The fourth-order valence-electron chi connectivity index (χ4n) is 2.60. The van der Waals surface area contributed by atoms with Gasteiger partial charge in [-0.1, -0.05) is 36.4 Å². The van der Waals surface area contributed by atoms with Gasteiger partial charge >= 0.3 is 5.97 Å². The third kappa shape index (κ3) is 3.40. The van der Waals surface area contributed by atoms with Gasteiger partial charge in [-0.25, -0.2) is 4.79 Å². The lowest BCUT2D eigenvalue weighted by Crippen LogP contribution is -2.08. The van der Waals surface area contributed by atoms with Crippen LogP contribution in [0.1, 0.15) is 41.6 Å². The van der Waals surface area contributed by atoms with Crippen LogP contribution in [0, 0.1) is 0 Å². The molecule has 0 aromatic heterocycles. The van der Waals surface area contributed by atoms with Crippen LogP contribution in [0.15, 0.2) is 60.7 Å². The summed E-state index contributed by atoms with van der Waals surface area (Å²) in [5.74, 6) is 0.290. The second kappa shape index (κ2) is 6.40. The molecule has 0 heterocycles. The Balaban J connectivity index is 1.77. The number of esters is 1. The van der Waals surface area contributed by atoms with Gasteiger partial charge in [0.25, 0.3) is 0 Å². The highest BCUT2D eigenvalue weighted by atomic mass is 16.5. The Labute approximate surface area is 125 Å². The highest BCUT2D eigenvalue weighted by molar-refractivity contribution is 5.91. The largest absolute Gasteiger partial charge is 0.423 e. The Bertz CT molecular complexity index is 656. The third-order valence-electron chi connectivity index (χ3n) is 3.72. The van der Waals surface area contributed by atoms with Gasteiger partial charge in [-0.15, -0.1) is 0 Å². The molecule has 21 heavy (non-hydrogen) atoms. The summed E-state index contributed by atoms with van der Waals surface area (Å²) in [7, 11) is 0. The van der Waals surface area contributed by atoms with E-state index in [0.717, 1.165) is 18.4 Å². The van der Waals surface area contributed by atoms with Crippen LogP contribution in [0.5, 0.6) is 5.75 Å². The van der Waals surface area contributed by atoms with Crippen molar-refractivity contribution in [2.24, 2.45) is 0 Å². The summed E-state index contributed by atoms with van der Waals surface area (Å²) in [6.07, 6.45) is 7.05. The van der Waals surface area contributed by atoms with E-state index in [2.05, 4.69) is 12.1 Å². The Morgan fingerprint density at radius 2 is 1.81 bits per heavy atom. The van der Waals surface area contributed by atoms with Gasteiger partial charge in [0.05, 0.1) is 5.56 Å². The molecule has 2 nitrogen and oxygen atoms in total. The minimum atomic E-state index is -0.314. The monoisotopic (exact) mass is 278 g/mol. The predicted molar refractivity (Wildman–Crippen MR) is 84.3 cm³/mol. The van der Waals surface area contributed by atoms with Gasteiger partial charge in [0, 0.05) is 0 Å². The molecule has 0 amide bonds. The summed E-state index contributed by atoms with van der Waals surface area (Å²) in [6, 6.07) is 16.9. The molecule has 0 bridgehead atoms. The molecule has 1 aliphatic carbocycles. The number of rotatable bonds is 3. The van der Waals surface area contributed by atoms with Crippen molar-refractivity contribution in [1.29, 1.82) is 0 Å². The Kier molecular flexibility index (Phi) is 4.15. The third-order valence-corrected chi connectivity index (χ3v) is 3.72. The fourth-order valence-corrected chi connectivity index (χ4v) is 2.60. The van der Waals surface area contributed by atoms with Crippen LogP contribution in [0.3, 0.4) is 0 Å². The van der Waals surface area contributed by atoms with Crippen LogP contribution in [0.25, 0.3) is 5.57 Å². The summed E-state index contributed by atoms with van der Waals surface area (Å²) in [6.45, 7) is 0. The first kappa shape index (κ1) is 13.6. The van der Waals surface area contributed by atoms with Gasteiger partial charge in [0.2, 0.25) is 0 Å². The summed E-state index contributed by atoms with van der Waals surface area (Å²) in [5, 5.41) is 0. The topological polar surface area (TPSA) is 26.3 Å². The number of hydrogen-bond acceptors (Lipinski definition) is 2. The van der Waals surface area contributed by atoms with Crippen molar-refractivity contribution in [2.45, 2.75) is 25.7 Å². The lowest BCUT2D eigenvalue weighted by atomic mass is 9.94. The molecule has 0 N–H and O–H groups in total. The van der Waals surface area contributed by atoms with Crippen molar-refractivity contribution < 1.29 is 9.53 Å². The normalized spacial score (nSPS) is 14.4. The predicted octanol–water partition coefficient (Wildman–Crippen LogP) is 4.86. The zero-order valence-electron chi connectivity index (χ0n) is 11.9. The first-order chi connectivity index (χ1) is 10.3. The molecule has 0 aliphatic heterocycles. The molecule has 2 aromatic rings. The maximum absolute atomic E-state index is 12.1. The number of hydrogen-bond donors (Lipinski definition) is 0. The number of benzene rings is 2. The Hall–Kier alpha value is -2.35. The molecule has 1 aliphatic rings. The molecule has 2 aromatic carbocycles. The van der Waals surface area contributed by atoms with Crippen molar-refractivity contribution >= 4 is 11.5 Å². The van der Waals surface area contributed by atoms with E-state index < -0.39 is 0 Å². The minimum absolute atomic E-state index is 0.314. The van der Waals surface area contributed by atoms with Crippen molar-refractivity contribution in [3.05, 3.63) is 71.8 Å². The van der Waals surface area contributed by atoms with E-state index in [1.165, 1.54) is 18.4 Å². The van der Waals surface area contributed by atoms with Crippen molar-refractivity contribution in [1.82, 2.24) is 0 Å². The molecule has 0 fully saturated rings. The molecule has 0 atom stereocenters. The lowest BCUT2D eigenvalue weighted by Gasteiger charge is -2.13. The Morgan fingerprint density at radius 3 is 2.57 bits per heavy atom. The van der Waals surface area contributed by atoms with Gasteiger partial charge in [-0.05, 0) is 61.1 Å². The first-order valence-electron chi connectivity index (χ1n) is 7.39. The fraction of sp³-hybridized carbons (Fsp3) is 0.211. The zero-order chi connectivity index (χ0) is 14.5. The van der Waals surface area contributed by atoms with Crippen LogP contribution < -0.4 is 4.74 Å². The molecule has 106 valence electrons. The van der Waals surface area contributed by atoms with Crippen LogP contribution in [0.4, 0.5) is 0 Å². The molecule has 0 saturated carbocycles. The molecule has 0 unspecified atom stereocenters. The highest BCUT2D eigenvalue weighted by Gasteiger charge is 2.10. The molecule has 0 radical (unpaired) electrons. The lowest BCUT2D eigenvalue weighted by molar-refractivity contribution is 0.0735. The molecule has 2 heteroatoms. The van der Waals surface area contributed by atoms with E-state index in [1.54, 1.807) is 12.1 Å². The van der Waals surface area contributed by atoms with Crippen molar-refractivity contribution in [3.63, 3.8) is 0 Å². The summed E-state index contributed by atoms with van der Waals surface area (Å²) in [4.78, 5) is 12.1. The average Bonchev–Trinajstić information content (AvgIpc) is 2.57. The molecule has 0 saturated heterocycles. The van der Waals surface area contributed by atoms with Gasteiger partial charge in [-0.2, -0.15) is 0 Å². The second-order valence-corrected chi connectivity index (χ2v) is 5.26. The highest BCUT2D eigenvalue weighted by Crippen LogP contribution is 2.28. The van der Waals surface area contributed by atoms with Gasteiger partial charge < -0.3 is 4.74 Å². The van der Waals surface area contributed by atoms with Crippen molar-refractivity contribution in [2.75, 3.05) is 0 Å². The minimum Gasteiger partial charge on any atom is -0.423 e. The van der Waals surface area contributed by atoms with E-state index in [1.807, 2.05) is 36.4 Å². The molecule has 3 rings (SSSR count).